The molecule has 1 aromatic heterocycles. The molecule has 138 valence electrons. The summed E-state index contributed by atoms with van der Waals surface area (Å²) < 4.78 is 5.21. The fourth-order valence-corrected chi connectivity index (χ4v) is 2.26. The smallest absolute Gasteiger partial charge is 0.413 e. The van der Waals surface area contributed by atoms with Gasteiger partial charge in [0, 0.05) is 24.8 Å². The molecule has 0 aliphatic rings. The number of aliphatic hydroxyl groups is 1. The van der Waals surface area contributed by atoms with Crippen molar-refractivity contribution in [3.8, 4) is 0 Å². The molecule has 0 saturated carbocycles. The summed E-state index contributed by atoms with van der Waals surface area (Å²) in [5.74, 6) is 0.294. The maximum atomic E-state index is 11.9. The molecule has 2 aromatic rings. The van der Waals surface area contributed by atoms with E-state index in [0.717, 1.165) is 0 Å². The summed E-state index contributed by atoms with van der Waals surface area (Å²) in [5, 5.41) is 23.7. The molecule has 0 saturated heterocycles. The number of nitro benzene ring substituents is 1. The molecule has 1 unspecified atom stereocenters. The Morgan fingerprint density at radius 3 is 2.54 bits per heavy atom. The third-order valence-electron chi connectivity index (χ3n) is 3.41. The lowest BCUT2D eigenvalue weighted by atomic mass is 10.0. The van der Waals surface area contributed by atoms with Crippen molar-refractivity contribution < 1.29 is 19.6 Å². The maximum absolute atomic E-state index is 11.9. The van der Waals surface area contributed by atoms with Gasteiger partial charge in [-0.1, -0.05) is 6.07 Å². The van der Waals surface area contributed by atoms with E-state index in [2.05, 4.69) is 10.3 Å². The second kappa shape index (κ2) is 7.92. The number of nitrogens with zero attached hydrogens (tertiary/aromatic N) is 2. The van der Waals surface area contributed by atoms with Gasteiger partial charge < -0.3 is 9.84 Å². The second-order valence-corrected chi connectivity index (χ2v) is 6.71. The van der Waals surface area contributed by atoms with Crippen LogP contribution in [0.15, 0.2) is 42.6 Å². The predicted molar refractivity (Wildman–Crippen MR) is 95.9 cm³/mol. The number of anilines is 1. The highest BCUT2D eigenvalue weighted by molar-refractivity contribution is 5.84. The summed E-state index contributed by atoms with van der Waals surface area (Å²) >= 11 is 0. The minimum atomic E-state index is -0.904. The topological polar surface area (TPSA) is 115 Å². The highest BCUT2D eigenvalue weighted by atomic mass is 16.6. The van der Waals surface area contributed by atoms with Gasteiger partial charge in [0.05, 0.1) is 11.0 Å². The molecular formula is C18H21N3O5. The van der Waals surface area contributed by atoms with Gasteiger partial charge in [-0.25, -0.2) is 9.78 Å². The highest BCUT2D eigenvalue weighted by Gasteiger charge is 2.19. The van der Waals surface area contributed by atoms with Gasteiger partial charge in [0.1, 0.15) is 11.4 Å². The van der Waals surface area contributed by atoms with E-state index in [4.69, 9.17) is 4.74 Å². The molecular weight excluding hydrogens is 338 g/mol. The Labute approximate surface area is 151 Å². The van der Waals surface area contributed by atoms with E-state index in [1.165, 1.54) is 30.5 Å². The molecule has 0 fully saturated rings. The van der Waals surface area contributed by atoms with Crippen LogP contribution >= 0.6 is 0 Å². The summed E-state index contributed by atoms with van der Waals surface area (Å²) in [7, 11) is 0. The van der Waals surface area contributed by atoms with Crippen LogP contribution in [0.3, 0.4) is 0 Å². The number of carbonyl (C=O) groups excluding carboxylic acids is 1. The van der Waals surface area contributed by atoms with E-state index in [1.54, 1.807) is 32.9 Å². The van der Waals surface area contributed by atoms with Crippen molar-refractivity contribution in [3.05, 3.63) is 63.8 Å². The molecule has 0 radical (unpaired) electrons. The van der Waals surface area contributed by atoms with Gasteiger partial charge in [-0.3, -0.25) is 15.4 Å². The molecule has 2 N–H and O–H groups in total. The molecule has 2 rings (SSSR count). The molecule has 8 heteroatoms. The third-order valence-corrected chi connectivity index (χ3v) is 3.41. The van der Waals surface area contributed by atoms with Crippen LogP contribution in [0.5, 0.6) is 0 Å². The molecule has 0 spiro atoms. The molecule has 1 aromatic carbocycles. The normalized spacial score (nSPS) is 12.3. The predicted octanol–water partition coefficient (Wildman–Crippen LogP) is 3.61. The summed E-state index contributed by atoms with van der Waals surface area (Å²) in [5.41, 5.74) is 0.457. The lowest BCUT2D eigenvalue weighted by Crippen LogP contribution is -2.28. The molecule has 1 amide bonds. The Morgan fingerprint density at radius 2 is 1.96 bits per heavy atom. The van der Waals surface area contributed by atoms with Crippen LogP contribution < -0.4 is 5.32 Å². The van der Waals surface area contributed by atoms with Crippen molar-refractivity contribution in [1.82, 2.24) is 4.98 Å². The van der Waals surface area contributed by atoms with Crippen molar-refractivity contribution in [2.75, 3.05) is 5.32 Å². The summed E-state index contributed by atoms with van der Waals surface area (Å²) in [6.07, 6.45) is 0.159. The number of non-ortho nitro benzene ring substituents is 1. The van der Waals surface area contributed by atoms with Crippen molar-refractivity contribution in [3.63, 3.8) is 0 Å². The largest absolute Gasteiger partial charge is 0.444 e. The van der Waals surface area contributed by atoms with E-state index >= 15 is 0 Å². The SMILES string of the molecule is CC(C)(C)OC(=O)Nc1ncccc1CC(O)c1ccc([N+](=O)[O-])cc1. The van der Waals surface area contributed by atoms with E-state index in [0.29, 0.717) is 16.9 Å². The van der Waals surface area contributed by atoms with Crippen molar-refractivity contribution in [1.29, 1.82) is 0 Å². The average Bonchev–Trinajstić information content (AvgIpc) is 2.55. The van der Waals surface area contributed by atoms with Gasteiger partial charge in [0.2, 0.25) is 0 Å². The molecule has 1 heterocycles. The molecule has 0 bridgehead atoms. The minimum Gasteiger partial charge on any atom is -0.444 e. The Morgan fingerprint density at radius 1 is 1.31 bits per heavy atom. The Bertz CT molecular complexity index is 784. The van der Waals surface area contributed by atoms with E-state index in [1.807, 2.05) is 0 Å². The lowest BCUT2D eigenvalue weighted by molar-refractivity contribution is -0.384. The van der Waals surface area contributed by atoms with Crippen LogP contribution in [0, 0.1) is 10.1 Å². The summed E-state index contributed by atoms with van der Waals surface area (Å²) in [6, 6.07) is 9.09. The Balaban J connectivity index is 2.11. The number of nitro groups is 1. The standard InChI is InChI=1S/C18H21N3O5/c1-18(2,3)26-17(23)20-16-13(5-4-10-19-16)11-15(22)12-6-8-14(9-7-12)21(24)25/h4-10,15,22H,11H2,1-3H3,(H,19,20,23). The highest BCUT2D eigenvalue weighted by Crippen LogP contribution is 2.24. The molecule has 8 nitrogen and oxygen atoms in total. The first kappa shape index (κ1) is 19.3. The first-order valence-electron chi connectivity index (χ1n) is 8.02. The average molecular weight is 359 g/mol. The van der Waals surface area contributed by atoms with Gasteiger partial charge in [-0.15, -0.1) is 0 Å². The van der Waals surface area contributed by atoms with Crippen molar-refractivity contribution >= 4 is 17.6 Å². The minimum absolute atomic E-state index is 0.0467. The number of ether oxygens (including phenoxy) is 1. The zero-order valence-electron chi connectivity index (χ0n) is 14.8. The van der Waals surface area contributed by atoms with E-state index < -0.39 is 22.7 Å². The number of aliphatic hydroxyl groups excluding tert-OH is 1. The number of carbonyl (C=O) groups is 1. The summed E-state index contributed by atoms with van der Waals surface area (Å²) in [6.45, 7) is 5.26. The zero-order valence-corrected chi connectivity index (χ0v) is 14.8. The van der Waals surface area contributed by atoms with Crippen molar-refractivity contribution in [2.45, 2.75) is 38.9 Å². The van der Waals surface area contributed by atoms with Gasteiger partial charge in [0.25, 0.3) is 5.69 Å². The van der Waals surface area contributed by atoms with Crippen LogP contribution in [0.1, 0.15) is 38.0 Å². The van der Waals surface area contributed by atoms with Gasteiger partial charge >= 0.3 is 6.09 Å². The van der Waals surface area contributed by atoms with Gasteiger partial charge in [-0.05, 0) is 50.1 Å². The van der Waals surface area contributed by atoms with Crippen LogP contribution in [0.25, 0.3) is 0 Å². The first-order chi connectivity index (χ1) is 12.2. The lowest BCUT2D eigenvalue weighted by Gasteiger charge is -2.20. The van der Waals surface area contributed by atoms with Crippen LogP contribution in [0.2, 0.25) is 0 Å². The molecule has 26 heavy (non-hydrogen) atoms. The zero-order chi connectivity index (χ0) is 19.3. The number of hydrogen-bond acceptors (Lipinski definition) is 6. The number of benzene rings is 1. The number of aromatic nitrogens is 1. The number of hydrogen-bond donors (Lipinski definition) is 2. The second-order valence-electron chi connectivity index (χ2n) is 6.71. The number of pyridine rings is 1. The molecule has 0 aliphatic heterocycles. The third kappa shape index (κ3) is 5.52. The van der Waals surface area contributed by atoms with Crippen molar-refractivity contribution in [2.24, 2.45) is 0 Å². The van der Waals surface area contributed by atoms with Crippen LogP contribution in [-0.2, 0) is 11.2 Å². The van der Waals surface area contributed by atoms with E-state index in [9.17, 15) is 20.0 Å². The van der Waals surface area contributed by atoms with E-state index in [-0.39, 0.29) is 12.1 Å². The first-order valence-corrected chi connectivity index (χ1v) is 8.02. The Hall–Kier alpha value is -3.00. The molecule has 1 atom stereocenters. The maximum Gasteiger partial charge on any atom is 0.413 e. The monoisotopic (exact) mass is 359 g/mol. The van der Waals surface area contributed by atoms with Crippen LogP contribution in [0.4, 0.5) is 16.3 Å². The number of amides is 1. The Kier molecular flexibility index (Phi) is 5.89. The van der Waals surface area contributed by atoms with Gasteiger partial charge in [-0.2, -0.15) is 0 Å². The number of nitrogens with one attached hydrogen (secondary N) is 1. The number of rotatable bonds is 5. The van der Waals surface area contributed by atoms with Crippen LogP contribution in [-0.4, -0.2) is 26.7 Å². The fourth-order valence-electron chi connectivity index (χ4n) is 2.26. The van der Waals surface area contributed by atoms with Gasteiger partial charge in [0.15, 0.2) is 0 Å². The quantitative estimate of drug-likeness (QED) is 0.622. The fraction of sp³-hybridized carbons (Fsp3) is 0.333. The summed E-state index contributed by atoms with van der Waals surface area (Å²) in [4.78, 5) is 26.3. The molecule has 0 aliphatic carbocycles.